The van der Waals surface area contributed by atoms with E-state index in [0.29, 0.717) is 6.54 Å². The van der Waals surface area contributed by atoms with Crippen molar-refractivity contribution >= 4 is 22.0 Å². The first-order valence-corrected chi connectivity index (χ1v) is 5.60. The van der Waals surface area contributed by atoms with Gasteiger partial charge in [0.2, 0.25) is 0 Å². The van der Waals surface area contributed by atoms with Crippen LogP contribution in [-0.2, 0) is 17.7 Å². The van der Waals surface area contributed by atoms with Gasteiger partial charge < -0.3 is 9.64 Å². The summed E-state index contributed by atoms with van der Waals surface area (Å²) in [6.07, 6.45) is 0.651. The molecule has 0 atom stereocenters. The Morgan fingerprint density at radius 1 is 1.47 bits per heavy atom. The molecule has 0 bridgehead atoms. The van der Waals surface area contributed by atoms with E-state index in [0.717, 1.165) is 17.4 Å². The Hall–Kier alpha value is -1.03. The molecule has 0 unspecified atom stereocenters. The van der Waals surface area contributed by atoms with Crippen molar-refractivity contribution in [2.75, 3.05) is 13.7 Å². The molecule has 1 aromatic rings. The minimum atomic E-state index is -0.249. The van der Waals surface area contributed by atoms with Crippen molar-refractivity contribution in [1.82, 2.24) is 4.90 Å². The van der Waals surface area contributed by atoms with Crippen LogP contribution in [0.25, 0.3) is 0 Å². The van der Waals surface area contributed by atoms with Gasteiger partial charge in [-0.1, -0.05) is 22.0 Å². The van der Waals surface area contributed by atoms with E-state index in [1.165, 1.54) is 18.2 Å². The monoisotopic (exact) mass is 269 g/mol. The summed E-state index contributed by atoms with van der Waals surface area (Å²) >= 11 is 3.43. The Bertz CT molecular complexity index is 392. The number of carbonyl (C=O) groups is 1. The molecule has 2 rings (SSSR count). The van der Waals surface area contributed by atoms with Gasteiger partial charge in [-0.25, -0.2) is 4.79 Å². The average Bonchev–Trinajstić information content (AvgIpc) is 2.27. The van der Waals surface area contributed by atoms with Gasteiger partial charge in [-0.15, -0.1) is 0 Å². The number of nitrogens with zero attached hydrogens (tertiary/aromatic N) is 1. The molecule has 1 heterocycles. The van der Waals surface area contributed by atoms with E-state index in [-0.39, 0.29) is 6.09 Å². The second-order valence-corrected chi connectivity index (χ2v) is 4.47. The lowest BCUT2D eigenvalue weighted by Crippen LogP contribution is -2.35. The minimum absolute atomic E-state index is 0.249. The van der Waals surface area contributed by atoms with Gasteiger partial charge in [0.05, 0.1) is 7.11 Å². The maximum Gasteiger partial charge on any atom is 0.409 e. The fourth-order valence-electron chi connectivity index (χ4n) is 1.81. The molecule has 15 heavy (non-hydrogen) atoms. The summed E-state index contributed by atoms with van der Waals surface area (Å²) in [6, 6.07) is 6.20. The number of methoxy groups -OCH3 is 1. The summed E-state index contributed by atoms with van der Waals surface area (Å²) in [7, 11) is 1.42. The van der Waals surface area contributed by atoms with Crippen molar-refractivity contribution in [3.63, 3.8) is 0 Å². The fraction of sp³-hybridized carbons (Fsp3) is 0.364. The number of rotatable bonds is 0. The molecule has 0 saturated carbocycles. The molecule has 4 heteroatoms. The standard InChI is InChI=1S/C11H12BrNO2/c1-15-11(14)13-5-4-8-2-3-10(12)6-9(8)7-13/h2-3,6H,4-5,7H2,1H3. The SMILES string of the molecule is COC(=O)N1CCc2ccc(Br)cc2C1. The quantitative estimate of drug-likeness (QED) is 0.725. The molecular weight excluding hydrogens is 258 g/mol. The third-order valence-corrected chi connectivity index (χ3v) is 3.11. The lowest BCUT2D eigenvalue weighted by Gasteiger charge is -2.27. The number of halogens is 1. The first-order valence-electron chi connectivity index (χ1n) is 4.81. The first kappa shape index (κ1) is 10.5. The maximum absolute atomic E-state index is 11.4. The predicted octanol–water partition coefficient (Wildman–Crippen LogP) is 2.57. The number of benzene rings is 1. The second-order valence-electron chi connectivity index (χ2n) is 3.55. The van der Waals surface area contributed by atoms with Crippen LogP contribution in [0.1, 0.15) is 11.1 Å². The average molecular weight is 270 g/mol. The van der Waals surface area contributed by atoms with E-state index in [1.54, 1.807) is 4.90 Å². The zero-order valence-corrected chi connectivity index (χ0v) is 10.1. The summed E-state index contributed by atoms with van der Waals surface area (Å²) in [4.78, 5) is 13.1. The van der Waals surface area contributed by atoms with Crippen LogP contribution in [0.3, 0.4) is 0 Å². The lowest BCUT2D eigenvalue weighted by molar-refractivity contribution is 0.118. The Morgan fingerprint density at radius 2 is 2.27 bits per heavy atom. The Kier molecular flexibility index (Phi) is 2.95. The van der Waals surface area contributed by atoms with Gasteiger partial charge in [0.25, 0.3) is 0 Å². The van der Waals surface area contributed by atoms with E-state index in [4.69, 9.17) is 4.74 Å². The first-order chi connectivity index (χ1) is 7.20. The topological polar surface area (TPSA) is 29.5 Å². The normalized spacial score (nSPS) is 14.7. The zero-order chi connectivity index (χ0) is 10.8. The molecule has 0 saturated heterocycles. The van der Waals surface area contributed by atoms with Crippen molar-refractivity contribution in [1.29, 1.82) is 0 Å². The van der Waals surface area contributed by atoms with Crippen molar-refractivity contribution in [2.45, 2.75) is 13.0 Å². The predicted molar refractivity (Wildman–Crippen MR) is 60.7 cm³/mol. The molecule has 80 valence electrons. The van der Waals surface area contributed by atoms with Gasteiger partial charge in [-0.2, -0.15) is 0 Å². The largest absolute Gasteiger partial charge is 0.453 e. The molecule has 0 fully saturated rings. The van der Waals surface area contributed by atoms with Gasteiger partial charge in [-0.3, -0.25) is 0 Å². The van der Waals surface area contributed by atoms with Gasteiger partial charge in [-0.05, 0) is 29.7 Å². The number of ether oxygens (including phenoxy) is 1. The molecule has 3 nitrogen and oxygen atoms in total. The third kappa shape index (κ3) is 2.15. The summed E-state index contributed by atoms with van der Waals surface area (Å²) in [5.74, 6) is 0. The van der Waals surface area contributed by atoms with Crippen LogP contribution in [-0.4, -0.2) is 24.6 Å². The van der Waals surface area contributed by atoms with Crippen molar-refractivity contribution in [3.05, 3.63) is 33.8 Å². The Labute approximate surface area is 97.2 Å². The molecule has 0 aromatic heterocycles. The number of carbonyl (C=O) groups excluding carboxylic acids is 1. The Morgan fingerprint density at radius 3 is 3.00 bits per heavy atom. The van der Waals surface area contributed by atoms with Crippen molar-refractivity contribution < 1.29 is 9.53 Å². The highest BCUT2D eigenvalue weighted by Gasteiger charge is 2.20. The van der Waals surface area contributed by atoms with Crippen LogP contribution in [0, 0.1) is 0 Å². The van der Waals surface area contributed by atoms with Crippen molar-refractivity contribution in [3.8, 4) is 0 Å². The van der Waals surface area contributed by atoms with E-state index in [9.17, 15) is 4.79 Å². The molecule has 1 aliphatic rings. The summed E-state index contributed by atoms with van der Waals surface area (Å²) in [5.41, 5.74) is 2.51. The van der Waals surface area contributed by atoms with E-state index < -0.39 is 0 Å². The van der Waals surface area contributed by atoms with Crippen LogP contribution in [0.15, 0.2) is 22.7 Å². The van der Waals surface area contributed by atoms with E-state index in [1.807, 2.05) is 6.07 Å². The smallest absolute Gasteiger partial charge is 0.409 e. The number of amides is 1. The van der Waals surface area contributed by atoms with Crippen LogP contribution >= 0.6 is 15.9 Å². The number of hydrogen-bond donors (Lipinski definition) is 0. The molecule has 1 amide bonds. The fourth-order valence-corrected chi connectivity index (χ4v) is 2.22. The van der Waals surface area contributed by atoms with Crippen molar-refractivity contribution in [2.24, 2.45) is 0 Å². The minimum Gasteiger partial charge on any atom is -0.453 e. The second kappa shape index (κ2) is 4.23. The van der Waals surface area contributed by atoms with E-state index >= 15 is 0 Å². The number of hydrogen-bond acceptors (Lipinski definition) is 2. The van der Waals surface area contributed by atoms with Gasteiger partial charge in [0, 0.05) is 17.6 Å². The molecule has 0 aliphatic carbocycles. The van der Waals surface area contributed by atoms with Gasteiger partial charge in [0.1, 0.15) is 0 Å². The highest BCUT2D eigenvalue weighted by Crippen LogP contribution is 2.23. The molecule has 1 aromatic carbocycles. The Balaban J connectivity index is 2.22. The van der Waals surface area contributed by atoms with Gasteiger partial charge in [0.15, 0.2) is 0 Å². The summed E-state index contributed by atoms with van der Waals surface area (Å²) in [5, 5.41) is 0. The molecule has 0 radical (unpaired) electrons. The highest BCUT2D eigenvalue weighted by atomic mass is 79.9. The molecule has 1 aliphatic heterocycles. The zero-order valence-electron chi connectivity index (χ0n) is 8.50. The third-order valence-electron chi connectivity index (χ3n) is 2.61. The molecule has 0 spiro atoms. The lowest BCUT2D eigenvalue weighted by atomic mass is 10.0. The molecular formula is C11H12BrNO2. The summed E-state index contributed by atoms with van der Waals surface area (Å²) in [6.45, 7) is 1.38. The summed E-state index contributed by atoms with van der Waals surface area (Å²) < 4.78 is 5.76. The van der Waals surface area contributed by atoms with Crippen LogP contribution in [0.4, 0.5) is 4.79 Å². The molecule has 0 N–H and O–H groups in total. The van der Waals surface area contributed by atoms with E-state index in [2.05, 4.69) is 28.1 Å². The van der Waals surface area contributed by atoms with Crippen LogP contribution in [0.2, 0.25) is 0 Å². The van der Waals surface area contributed by atoms with Crippen LogP contribution < -0.4 is 0 Å². The van der Waals surface area contributed by atoms with Crippen LogP contribution in [0.5, 0.6) is 0 Å². The maximum atomic E-state index is 11.4. The highest BCUT2D eigenvalue weighted by molar-refractivity contribution is 9.10. The number of fused-ring (bicyclic) bond motifs is 1. The van der Waals surface area contributed by atoms with Gasteiger partial charge >= 0.3 is 6.09 Å².